The Morgan fingerprint density at radius 3 is 2.60 bits per heavy atom. The molecule has 4 nitrogen and oxygen atoms in total. The van der Waals surface area contributed by atoms with E-state index in [9.17, 15) is 4.79 Å². The van der Waals surface area contributed by atoms with Crippen molar-refractivity contribution in [3.8, 4) is 0 Å². The molecule has 1 aliphatic carbocycles. The van der Waals surface area contributed by atoms with E-state index in [0.717, 1.165) is 31.2 Å². The number of anilines is 1. The number of nitrogens with zero attached hydrogens (tertiary/aromatic N) is 1. The molecular formula is C23H24Cl2FN3O. The number of benzene rings is 1. The molecule has 158 valence electrons. The van der Waals surface area contributed by atoms with Gasteiger partial charge in [-0.15, -0.1) is 0 Å². The molecule has 1 aromatic heterocycles. The fourth-order valence-corrected chi connectivity index (χ4v) is 6.36. The van der Waals surface area contributed by atoms with Gasteiger partial charge in [0.2, 0.25) is 5.91 Å². The largest absolute Gasteiger partial charge is 0.325 e. The Labute approximate surface area is 185 Å². The molecule has 0 bridgehead atoms. The molecule has 2 aliphatic heterocycles. The van der Waals surface area contributed by atoms with Crippen LogP contribution < -0.4 is 10.6 Å². The molecule has 2 fully saturated rings. The molecule has 5 rings (SSSR count). The lowest BCUT2D eigenvalue weighted by Gasteiger charge is -2.50. The smallest absolute Gasteiger partial charge is 0.237 e. The first kappa shape index (κ1) is 20.2. The van der Waals surface area contributed by atoms with Gasteiger partial charge in [0.05, 0.1) is 0 Å². The summed E-state index contributed by atoms with van der Waals surface area (Å²) < 4.78 is 15.2. The summed E-state index contributed by atoms with van der Waals surface area (Å²) in [6.45, 7) is 5.03. The maximum absolute atomic E-state index is 15.2. The third-order valence-electron chi connectivity index (χ3n) is 7.64. The van der Waals surface area contributed by atoms with Crippen LogP contribution in [0.15, 0.2) is 30.5 Å². The van der Waals surface area contributed by atoms with Gasteiger partial charge < -0.3 is 10.6 Å². The Morgan fingerprint density at radius 1 is 1.13 bits per heavy atom. The first-order valence-corrected chi connectivity index (χ1v) is 11.1. The van der Waals surface area contributed by atoms with Crippen molar-refractivity contribution < 1.29 is 9.18 Å². The molecule has 3 heterocycles. The highest BCUT2D eigenvalue weighted by molar-refractivity contribution is 6.31. The van der Waals surface area contributed by atoms with Crippen LogP contribution in [0.2, 0.25) is 10.2 Å². The predicted octanol–water partition coefficient (Wildman–Crippen LogP) is 5.44. The summed E-state index contributed by atoms with van der Waals surface area (Å²) in [6.07, 6.45) is 5.17. The molecule has 3 aliphatic rings. The van der Waals surface area contributed by atoms with E-state index in [1.807, 2.05) is 12.1 Å². The Balaban J connectivity index is 1.75. The van der Waals surface area contributed by atoms with E-state index in [1.54, 1.807) is 12.1 Å². The monoisotopic (exact) mass is 447 g/mol. The standard InChI is InChI=1S/C23H24Cl2FN3O/c1-21(2)6-8-22(9-7-21)23(15-4-3-13(24)11-17(15)29-20(23)30)16(12-28-22)14-5-10-27-19(25)18(14)26/h3-5,10-11,16,28H,6-9,12H2,1-2H3,(H,29,30)/t16-,23-/m1/s1. The molecule has 1 saturated heterocycles. The maximum Gasteiger partial charge on any atom is 0.237 e. The Hall–Kier alpha value is -1.69. The van der Waals surface area contributed by atoms with Gasteiger partial charge in [-0.1, -0.05) is 43.1 Å². The van der Waals surface area contributed by atoms with Crippen LogP contribution in [-0.4, -0.2) is 23.0 Å². The van der Waals surface area contributed by atoms with Gasteiger partial charge in [0.15, 0.2) is 11.0 Å². The molecule has 2 N–H and O–H groups in total. The number of nitrogens with one attached hydrogen (secondary N) is 2. The number of halogens is 3. The van der Waals surface area contributed by atoms with Crippen molar-refractivity contribution in [2.45, 2.75) is 56.4 Å². The van der Waals surface area contributed by atoms with Crippen molar-refractivity contribution in [1.29, 1.82) is 0 Å². The van der Waals surface area contributed by atoms with E-state index >= 15 is 4.39 Å². The van der Waals surface area contributed by atoms with E-state index in [2.05, 4.69) is 29.5 Å². The lowest BCUT2D eigenvalue weighted by Crippen LogP contribution is -2.61. The Morgan fingerprint density at radius 2 is 1.87 bits per heavy atom. The third kappa shape index (κ3) is 2.61. The van der Waals surface area contributed by atoms with E-state index in [1.165, 1.54) is 6.20 Å². The van der Waals surface area contributed by atoms with Crippen LogP contribution in [0.4, 0.5) is 10.1 Å². The summed E-state index contributed by atoms with van der Waals surface area (Å²) in [5.74, 6) is -1.04. The molecule has 1 aromatic carbocycles. The molecule has 0 unspecified atom stereocenters. The van der Waals surface area contributed by atoms with Gasteiger partial charge in [0.25, 0.3) is 0 Å². The minimum Gasteiger partial charge on any atom is -0.325 e. The molecule has 2 aromatic rings. The van der Waals surface area contributed by atoms with Gasteiger partial charge >= 0.3 is 0 Å². The van der Waals surface area contributed by atoms with E-state index in [0.29, 0.717) is 22.8 Å². The summed E-state index contributed by atoms with van der Waals surface area (Å²) >= 11 is 12.3. The van der Waals surface area contributed by atoms with Crippen LogP contribution in [0.5, 0.6) is 0 Å². The molecule has 2 spiro atoms. The fourth-order valence-electron chi connectivity index (χ4n) is 6.02. The summed E-state index contributed by atoms with van der Waals surface area (Å²) in [6, 6.07) is 7.18. The molecule has 30 heavy (non-hydrogen) atoms. The third-order valence-corrected chi connectivity index (χ3v) is 8.14. The lowest BCUT2D eigenvalue weighted by molar-refractivity contribution is -0.124. The van der Waals surface area contributed by atoms with Gasteiger partial charge in [-0.2, -0.15) is 0 Å². The number of hydrogen-bond acceptors (Lipinski definition) is 3. The van der Waals surface area contributed by atoms with Crippen molar-refractivity contribution >= 4 is 34.8 Å². The number of pyridine rings is 1. The van der Waals surface area contributed by atoms with Crippen LogP contribution >= 0.6 is 23.2 Å². The summed E-state index contributed by atoms with van der Waals surface area (Å²) in [5, 5.41) is 7.16. The quantitative estimate of drug-likeness (QED) is 0.571. The second-order valence-corrected chi connectivity index (χ2v) is 10.4. The van der Waals surface area contributed by atoms with Gasteiger partial charge in [-0.25, -0.2) is 9.37 Å². The highest BCUT2D eigenvalue weighted by atomic mass is 35.5. The Kier molecular flexibility index (Phi) is 4.48. The zero-order valence-corrected chi connectivity index (χ0v) is 18.5. The van der Waals surface area contributed by atoms with Crippen LogP contribution in [-0.2, 0) is 10.2 Å². The second-order valence-electron chi connectivity index (χ2n) is 9.64. The molecule has 7 heteroatoms. The molecule has 1 saturated carbocycles. The summed E-state index contributed by atoms with van der Waals surface area (Å²) in [7, 11) is 0. The van der Waals surface area contributed by atoms with E-state index < -0.39 is 22.7 Å². The van der Waals surface area contributed by atoms with Gasteiger partial charge in [0.1, 0.15) is 5.41 Å². The molecular weight excluding hydrogens is 424 g/mol. The van der Waals surface area contributed by atoms with Crippen LogP contribution in [0.3, 0.4) is 0 Å². The van der Waals surface area contributed by atoms with Crippen LogP contribution in [0.1, 0.15) is 56.6 Å². The van der Waals surface area contributed by atoms with Crippen molar-refractivity contribution in [2.24, 2.45) is 5.41 Å². The zero-order chi connectivity index (χ0) is 21.3. The zero-order valence-electron chi connectivity index (χ0n) is 17.0. The highest BCUT2D eigenvalue weighted by Crippen LogP contribution is 2.62. The predicted molar refractivity (Wildman–Crippen MR) is 117 cm³/mol. The number of carbonyl (C=O) groups is 1. The van der Waals surface area contributed by atoms with E-state index in [-0.39, 0.29) is 16.5 Å². The number of carbonyl (C=O) groups excluding carboxylic acids is 1. The molecule has 1 amide bonds. The van der Waals surface area contributed by atoms with Crippen LogP contribution in [0.25, 0.3) is 0 Å². The van der Waals surface area contributed by atoms with Gasteiger partial charge in [-0.05, 0) is 60.4 Å². The van der Waals surface area contributed by atoms with Crippen molar-refractivity contribution in [3.05, 3.63) is 57.6 Å². The first-order chi connectivity index (χ1) is 14.2. The Bertz CT molecular complexity index is 1050. The van der Waals surface area contributed by atoms with Crippen molar-refractivity contribution in [3.63, 3.8) is 0 Å². The average molecular weight is 448 g/mol. The molecule has 0 radical (unpaired) electrons. The normalized spacial score (nSPS) is 28.7. The van der Waals surface area contributed by atoms with Crippen molar-refractivity contribution in [2.75, 3.05) is 11.9 Å². The minimum atomic E-state index is -0.936. The number of hydrogen-bond donors (Lipinski definition) is 2. The van der Waals surface area contributed by atoms with Crippen molar-refractivity contribution in [1.82, 2.24) is 10.3 Å². The average Bonchev–Trinajstić information content (AvgIpc) is 3.17. The number of aromatic nitrogens is 1. The molecule has 2 atom stereocenters. The maximum atomic E-state index is 15.2. The minimum absolute atomic E-state index is 0.0955. The first-order valence-electron chi connectivity index (χ1n) is 10.4. The second kappa shape index (κ2) is 6.65. The van der Waals surface area contributed by atoms with Crippen LogP contribution in [0, 0.1) is 11.2 Å². The van der Waals surface area contributed by atoms with Gasteiger partial charge in [-0.3, -0.25) is 4.79 Å². The number of amides is 1. The number of rotatable bonds is 1. The SMILES string of the molecule is CC1(C)CCC2(CC1)NC[C@H](c1ccnc(Cl)c1F)[C@]21C(=O)Nc2cc(Cl)ccc21. The van der Waals surface area contributed by atoms with Gasteiger partial charge in [0, 0.05) is 34.9 Å². The van der Waals surface area contributed by atoms with E-state index in [4.69, 9.17) is 23.2 Å². The topological polar surface area (TPSA) is 54.0 Å². The number of fused-ring (bicyclic) bond motifs is 3. The fraction of sp³-hybridized carbons (Fsp3) is 0.478. The lowest BCUT2D eigenvalue weighted by atomic mass is 9.54. The highest BCUT2D eigenvalue weighted by Gasteiger charge is 2.69. The summed E-state index contributed by atoms with van der Waals surface area (Å²) in [5.41, 5.74) is 0.857. The summed E-state index contributed by atoms with van der Waals surface area (Å²) in [4.78, 5) is 17.7.